The van der Waals surface area contributed by atoms with Crippen LogP contribution < -0.4 is 10.5 Å². The Labute approximate surface area is 94.0 Å². The van der Waals surface area contributed by atoms with Crippen molar-refractivity contribution in [2.45, 2.75) is 12.8 Å². The molecule has 0 aliphatic rings. The molecular formula is C10H12ClNOS. The van der Waals surface area contributed by atoms with Gasteiger partial charge in [0.15, 0.2) is 0 Å². The van der Waals surface area contributed by atoms with E-state index in [1.54, 1.807) is 13.2 Å². The van der Waals surface area contributed by atoms with E-state index in [0.29, 0.717) is 16.4 Å². The molecule has 0 aliphatic carbocycles. The Morgan fingerprint density at radius 3 is 2.79 bits per heavy atom. The van der Waals surface area contributed by atoms with Crippen LogP contribution in [0, 0.1) is 0 Å². The second kappa shape index (κ2) is 5.17. The van der Waals surface area contributed by atoms with Crippen molar-refractivity contribution in [2.75, 3.05) is 7.11 Å². The van der Waals surface area contributed by atoms with Gasteiger partial charge in [-0.25, -0.2) is 0 Å². The number of halogens is 1. The highest BCUT2D eigenvalue weighted by atomic mass is 35.5. The van der Waals surface area contributed by atoms with Crippen LogP contribution >= 0.6 is 23.8 Å². The molecule has 2 N–H and O–H groups in total. The lowest BCUT2D eigenvalue weighted by molar-refractivity contribution is 0.414. The van der Waals surface area contributed by atoms with Crippen LogP contribution in [0.4, 0.5) is 0 Å². The molecule has 14 heavy (non-hydrogen) atoms. The predicted molar refractivity (Wildman–Crippen MR) is 63.1 cm³/mol. The fourth-order valence-electron chi connectivity index (χ4n) is 1.12. The quantitative estimate of drug-likeness (QED) is 0.807. The minimum atomic E-state index is 0.511. The van der Waals surface area contributed by atoms with Crippen molar-refractivity contribution in [3.05, 3.63) is 28.8 Å². The molecule has 0 bridgehead atoms. The topological polar surface area (TPSA) is 35.2 Å². The van der Waals surface area contributed by atoms with E-state index in [4.69, 9.17) is 34.3 Å². The number of ether oxygens (including phenoxy) is 1. The largest absolute Gasteiger partial charge is 0.497 e. The van der Waals surface area contributed by atoms with Gasteiger partial charge < -0.3 is 10.5 Å². The lowest BCUT2D eigenvalue weighted by Crippen LogP contribution is -2.08. The number of rotatable bonds is 4. The fourth-order valence-corrected chi connectivity index (χ4v) is 1.48. The van der Waals surface area contributed by atoms with Crippen LogP contribution in [0.2, 0.25) is 5.02 Å². The summed E-state index contributed by atoms with van der Waals surface area (Å²) in [6, 6.07) is 5.59. The maximum absolute atomic E-state index is 6.03. The van der Waals surface area contributed by atoms with Gasteiger partial charge in [0.25, 0.3) is 0 Å². The summed E-state index contributed by atoms with van der Waals surface area (Å²) in [5, 5.41) is 0.695. The number of hydrogen-bond acceptors (Lipinski definition) is 2. The van der Waals surface area contributed by atoms with E-state index in [2.05, 4.69) is 0 Å². The van der Waals surface area contributed by atoms with Crippen molar-refractivity contribution in [2.24, 2.45) is 5.73 Å². The highest BCUT2D eigenvalue weighted by Gasteiger charge is 2.02. The number of nitrogens with two attached hydrogens (primary N) is 1. The predicted octanol–water partition coefficient (Wildman–Crippen LogP) is 2.57. The fraction of sp³-hybridized carbons (Fsp3) is 0.300. The number of hydrogen-bond donors (Lipinski definition) is 1. The first-order valence-electron chi connectivity index (χ1n) is 4.24. The van der Waals surface area contributed by atoms with Crippen LogP contribution in [0.3, 0.4) is 0 Å². The average molecular weight is 230 g/mol. The third-order valence-corrected chi connectivity index (χ3v) is 2.46. The Morgan fingerprint density at radius 1 is 1.57 bits per heavy atom. The smallest absolute Gasteiger partial charge is 0.120 e. The minimum Gasteiger partial charge on any atom is -0.497 e. The summed E-state index contributed by atoms with van der Waals surface area (Å²) in [5.74, 6) is 0.758. The van der Waals surface area contributed by atoms with Crippen molar-refractivity contribution in [1.29, 1.82) is 0 Å². The molecule has 4 heteroatoms. The molecule has 76 valence electrons. The Hall–Kier alpha value is -0.800. The lowest BCUT2D eigenvalue weighted by Gasteiger charge is -2.05. The Morgan fingerprint density at radius 2 is 2.29 bits per heavy atom. The molecule has 1 rings (SSSR count). The zero-order chi connectivity index (χ0) is 10.6. The zero-order valence-electron chi connectivity index (χ0n) is 7.92. The van der Waals surface area contributed by atoms with Crippen molar-refractivity contribution in [3.8, 4) is 5.75 Å². The summed E-state index contributed by atoms with van der Waals surface area (Å²) in [6.45, 7) is 0. The van der Waals surface area contributed by atoms with Crippen LogP contribution in [0.25, 0.3) is 0 Å². The molecule has 0 saturated carbocycles. The molecule has 0 unspecified atom stereocenters. The number of methoxy groups -OCH3 is 1. The van der Waals surface area contributed by atoms with Crippen LogP contribution in [0.15, 0.2) is 18.2 Å². The molecule has 0 heterocycles. The molecule has 0 amide bonds. The molecule has 1 aromatic rings. The highest BCUT2D eigenvalue weighted by molar-refractivity contribution is 7.80. The second-order valence-corrected chi connectivity index (χ2v) is 3.86. The minimum absolute atomic E-state index is 0.511. The summed E-state index contributed by atoms with van der Waals surface area (Å²) in [7, 11) is 1.61. The van der Waals surface area contributed by atoms with Crippen LogP contribution in [0.1, 0.15) is 12.0 Å². The normalized spacial score (nSPS) is 9.86. The van der Waals surface area contributed by atoms with Gasteiger partial charge in [-0.2, -0.15) is 0 Å². The van der Waals surface area contributed by atoms with Crippen molar-refractivity contribution >= 4 is 28.8 Å². The molecule has 0 aromatic heterocycles. The second-order valence-electron chi connectivity index (χ2n) is 2.92. The Kier molecular flexibility index (Phi) is 4.17. The van der Waals surface area contributed by atoms with Gasteiger partial charge in [-0.15, -0.1) is 0 Å². The summed E-state index contributed by atoms with van der Waals surface area (Å²) >= 11 is 10.8. The van der Waals surface area contributed by atoms with Crippen LogP contribution in [0.5, 0.6) is 5.75 Å². The average Bonchev–Trinajstić information content (AvgIpc) is 2.15. The maximum atomic E-state index is 6.03. The Bertz CT molecular complexity index is 341. The number of aryl methyl sites for hydroxylation is 1. The molecule has 0 radical (unpaired) electrons. The third-order valence-electron chi connectivity index (χ3n) is 1.90. The van der Waals surface area contributed by atoms with Gasteiger partial charge in [0.1, 0.15) is 5.75 Å². The maximum Gasteiger partial charge on any atom is 0.120 e. The van der Waals surface area contributed by atoms with E-state index in [1.165, 1.54) is 0 Å². The van der Waals surface area contributed by atoms with Gasteiger partial charge in [0, 0.05) is 11.4 Å². The van der Waals surface area contributed by atoms with Gasteiger partial charge >= 0.3 is 0 Å². The van der Waals surface area contributed by atoms with E-state index in [9.17, 15) is 0 Å². The monoisotopic (exact) mass is 229 g/mol. The molecular weight excluding hydrogens is 218 g/mol. The van der Waals surface area contributed by atoms with Gasteiger partial charge in [-0.1, -0.05) is 29.9 Å². The lowest BCUT2D eigenvalue weighted by atomic mass is 10.1. The van der Waals surface area contributed by atoms with E-state index in [1.807, 2.05) is 12.1 Å². The summed E-state index contributed by atoms with van der Waals surface area (Å²) in [6.07, 6.45) is 1.46. The van der Waals surface area contributed by atoms with E-state index >= 15 is 0 Å². The highest BCUT2D eigenvalue weighted by Crippen LogP contribution is 2.23. The van der Waals surface area contributed by atoms with Crippen LogP contribution in [-0.4, -0.2) is 12.1 Å². The van der Waals surface area contributed by atoms with E-state index in [-0.39, 0.29) is 0 Å². The molecule has 0 atom stereocenters. The van der Waals surface area contributed by atoms with Crippen molar-refractivity contribution in [1.82, 2.24) is 0 Å². The van der Waals surface area contributed by atoms with E-state index in [0.717, 1.165) is 17.7 Å². The van der Waals surface area contributed by atoms with Crippen molar-refractivity contribution in [3.63, 3.8) is 0 Å². The molecule has 0 aliphatic heterocycles. The molecule has 0 saturated heterocycles. The molecule has 1 aromatic carbocycles. The standard InChI is InChI=1S/C10H12ClNOS/c1-13-8-4-2-7(9(11)6-8)3-5-10(12)14/h2,4,6H,3,5H2,1H3,(H2,12,14). The summed E-state index contributed by atoms with van der Waals surface area (Å²) in [4.78, 5) is 0.511. The van der Waals surface area contributed by atoms with Gasteiger partial charge in [-0.3, -0.25) is 0 Å². The van der Waals surface area contributed by atoms with Crippen molar-refractivity contribution < 1.29 is 4.74 Å². The van der Waals surface area contributed by atoms with Gasteiger partial charge in [-0.05, 0) is 24.1 Å². The number of thiocarbonyl (C=S) groups is 1. The first-order valence-corrected chi connectivity index (χ1v) is 5.03. The first-order chi connectivity index (χ1) is 6.63. The SMILES string of the molecule is COc1ccc(CCC(N)=S)c(Cl)c1. The number of benzene rings is 1. The van der Waals surface area contributed by atoms with Crippen LogP contribution in [-0.2, 0) is 6.42 Å². The third kappa shape index (κ3) is 3.16. The first kappa shape index (κ1) is 11.3. The summed E-state index contributed by atoms with van der Waals surface area (Å²) in [5.41, 5.74) is 6.45. The van der Waals surface area contributed by atoms with Gasteiger partial charge in [0.2, 0.25) is 0 Å². The Balaban J connectivity index is 2.73. The van der Waals surface area contributed by atoms with E-state index < -0.39 is 0 Å². The molecule has 0 spiro atoms. The molecule has 2 nitrogen and oxygen atoms in total. The van der Waals surface area contributed by atoms with Gasteiger partial charge in [0.05, 0.1) is 12.1 Å². The zero-order valence-corrected chi connectivity index (χ0v) is 9.49. The molecule has 0 fully saturated rings. The summed E-state index contributed by atoms with van der Waals surface area (Å²) < 4.78 is 5.04.